The van der Waals surface area contributed by atoms with Crippen molar-refractivity contribution in [2.75, 3.05) is 26.2 Å². The van der Waals surface area contributed by atoms with Crippen molar-refractivity contribution < 1.29 is 9.84 Å². The van der Waals surface area contributed by atoms with Crippen LogP contribution in [0, 0.1) is 5.92 Å². The van der Waals surface area contributed by atoms with Gasteiger partial charge in [-0.15, -0.1) is 0 Å². The van der Waals surface area contributed by atoms with E-state index in [1.54, 1.807) is 12.1 Å². The van der Waals surface area contributed by atoms with E-state index >= 15 is 0 Å². The summed E-state index contributed by atoms with van der Waals surface area (Å²) in [5, 5.41) is 9.54. The molecule has 0 aliphatic heterocycles. The van der Waals surface area contributed by atoms with Gasteiger partial charge in [0.2, 0.25) is 0 Å². The Morgan fingerprint density at radius 2 is 1.50 bits per heavy atom. The van der Waals surface area contributed by atoms with Crippen LogP contribution in [-0.2, 0) is 0 Å². The number of hydrogen-bond acceptors (Lipinski definition) is 3. The van der Waals surface area contributed by atoms with E-state index in [0.29, 0.717) is 12.5 Å². The third-order valence-electron chi connectivity index (χ3n) is 4.41. The van der Waals surface area contributed by atoms with Crippen LogP contribution < -0.4 is 4.74 Å². The first-order valence-corrected chi connectivity index (χ1v) is 9.50. The van der Waals surface area contributed by atoms with Crippen LogP contribution in [0.25, 0.3) is 5.57 Å². The molecule has 0 aliphatic rings. The van der Waals surface area contributed by atoms with Gasteiger partial charge in [-0.25, -0.2) is 0 Å². The van der Waals surface area contributed by atoms with E-state index in [1.807, 2.05) is 24.3 Å². The molecule has 0 atom stereocenters. The lowest BCUT2D eigenvalue weighted by Crippen LogP contribution is -2.27. The molecule has 2 aromatic carbocycles. The smallest absolute Gasteiger partial charge is 0.119 e. The van der Waals surface area contributed by atoms with Gasteiger partial charge in [0.1, 0.15) is 18.1 Å². The van der Waals surface area contributed by atoms with Crippen LogP contribution >= 0.6 is 0 Å². The highest BCUT2D eigenvalue weighted by molar-refractivity contribution is 5.80. The molecule has 2 rings (SSSR count). The average molecular weight is 354 g/mol. The number of phenols is 1. The number of likely N-dealkylation sites (N-methyl/N-ethyl adjacent to an activating group) is 1. The summed E-state index contributed by atoms with van der Waals surface area (Å²) in [5.41, 5.74) is 3.43. The minimum Gasteiger partial charge on any atom is -0.508 e. The Balaban J connectivity index is 2.11. The number of ether oxygens (including phenoxy) is 1. The Morgan fingerprint density at radius 1 is 0.962 bits per heavy atom. The summed E-state index contributed by atoms with van der Waals surface area (Å²) in [5.74, 6) is 1.62. The fourth-order valence-corrected chi connectivity index (χ4v) is 2.90. The quantitative estimate of drug-likeness (QED) is 0.672. The summed E-state index contributed by atoms with van der Waals surface area (Å²) in [6, 6.07) is 15.7. The average Bonchev–Trinajstić information content (AvgIpc) is 2.65. The number of nitrogens with zero attached hydrogens (tertiary/aromatic N) is 1. The Bertz CT molecular complexity index is 683. The third kappa shape index (κ3) is 5.92. The predicted octanol–water partition coefficient (Wildman–Crippen LogP) is 5.20. The van der Waals surface area contributed by atoms with Crippen LogP contribution in [-0.4, -0.2) is 36.2 Å². The molecule has 0 spiro atoms. The maximum absolute atomic E-state index is 9.54. The summed E-state index contributed by atoms with van der Waals surface area (Å²) in [4.78, 5) is 2.35. The highest BCUT2D eigenvalue weighted by Gasteiger charge is 2.07. The largest absolute Gasteiger partial charge is 0.508 e. The van der Waals surface area contributed by atoms with Crippen molar-refractivity contribution in [3.05, 3.63) is 65.7 Å². The van der Waals surface area contributed by atoms with Crippen molar-refractivity contribution in [3.63, 3.8) is 0 Å². The molecule has 0 heterocycles. The van der Waals surface area contributed by atoms with Crippen molar-refractivity contribution >= 4 is 5.57 Å². The summed E-state index contributed by atoms with van der Waals surface area (Å²) >= 11 is 0. The molecule has 3 nitrogen and oxygen atoms in total. The molecule has 3 heteroatoms. The summed E-state index contributed by atoms with van der Waals surface area (Å²) in [7, 11) is 0. The minimum absolute atomic E-state index is 0.287. The van der Waals surface area contributed by atoms with Gasteiger partial charge in [-0.05, 0) is 60.0 Å². The topological polar surface area (TPSA) is 32.7 Å². The number of allylic oxidation sites excluding steroid dienone is 1. The highest BCUT2D eigenvalue weighted by atomic mass is 16.5. The molecule has 26 heavy (non-hydrogen) atoms. The van der Waals surface area contributed by atoms with Crippen LogP contribution in [0.3, 0.4) is 0 Å². The maximum atomic E-state index is 9.54. The van der Waals surface area contributed by atoms with E-state index in [-0.39, 0.29) is 5.75 Å². The second-order valence-corrected chi connectivity index (χ2v) is 6.77. The molecule has 0 aromatic heterocycles. The molecule has 0 saturated carbocycles. The van der Waals surface area contributed by atoms with Gasteiger partial charge in [0.25, 0.3) is 0 Å². The van der Waals surface area contributed by atoms with Crippen molar-refractivity contribution in [2.24, 2.45) is 5.92 Å². The van der Waals surface area contributed by atoms with Crippen LogP contribution in [0.4, 0.5) is 0 Å². The number of hydrogen-bond donors (Lipinski definition) is 1. The fourth-order valence-electron chi connectivity index (χ4n) is 2.90. The number of phenolic OH excluding ortho intramolecular Hbond substituents is 1. The molecule has 0 fully saturated rings. The monoisotopic (exact) mass is 353 g/mol. The van der Waals surface area contributed by atoms with E-state index in [1.165, 1.54) is 5.57 Å². The fraction of sp³-hybridized carbons (Fsp3) is 0.391. The van der Waals surface area contributed by atoms with E-state index in [9.17, 15) is 5.11 Å². The summed E-state index contributed by atoms with van der Waals surface area (Å²) < 4.78 is 5.88. The van der Waals surface area contributed by atoms with Gasteiger partial charge >= 0.3 is 0 Å². The van der Waals surface area contributed by atoms with Gasteiger partial charge in [0.15, 0.2) is 0 Å². The maximum Gasteiger partial charge on any atom is 0.119 e. The van der Waals surface area contributed by atoms with Crippen molar-refractivity contribution in [2.45, 2.75) is 27.7 Å². The summed E-state index contributed by atoms with van der Waals surface area (Å²) in [6.07, 6.45) is 2.25. The zero-order valence-corrected chi connectivity index (χ0v) is 16.4. The second-order valence-electron chi connectivity index (χ2n) is 6.77. The van der Waals surface area contributed by atoms with Crippen molar-refractivity contribution in [1.29, 1.82) is 0 Å². The number of benzene rings is 2. The molecule has 0 radical (unpaired) electrons. The van der Waals surface area contributed by atoms with Crippen molar-refractivity contribution in [1.82, 2.24) is 4.90 Å². The molecular formula is C23H31NO2. The minimum atomic E-state index is 0.287. The standard InChI is InChI=1S/C23H31NO2/c1-5-24(6-2)15-16-26-22-13-9-20(10-14-22)23(17-18(3)4)19-7-11-21(25)12-8-19/h7-14,17-18,25H,5-6,15-16H2,1-4H3/b23-17+. The van der Waals surface area contributed by atoms with E-state index in [4.69, 9.17) is 4.74 Å². The SMILES string of the molecule is CCN(CC)CCOc1ccc(/C(=C/C(C)C)c2ccc(O)cc2)cc1. The number of aromatic hydroxyl groups is 1. The predicted molar refractivity (Wildman–Crippen MR) is 110 cm³/mol. The molecule has 140 valence electrons. The first-order valence-electron chi connectivity index (χ1n) is 9.50. The molecule has 0 saturated heterocycles. The van der Waals surface area contributed by atoms with Gasteiger partial charge < -0.3 is 14.7 Å². The summed E-state index contributed by atoms with van der Waals surface area (Å²) in [6.45, 7) is 12.4. The normalized spacial score (nSPS) is 12.0. The second kappa shape index (κ2) is 10.0. The Kier molecular flexibility index (Phi) is 7.73. The van der Waals surface area contributed by atoms with Gasteiger partial charge in [0.05, 0.1) is 0 Å². The van der Waals surface area contributed by atoms with Crippen LogP contribution in [0.1, 0.15) is 38.8 Å². The Labute approximate surface area is 157 Å². The van der Waals surface area contributed by atoms with E-state index in [2.05, 4.69) is 50.8 Å². The first-order chi connectivity index (χ1) is 12.5. The van der Waals surface area contributed by atoms with Crippen LogP contribution in [0.2, 0.25) is 0 Å². The number of rotatable bonds is 9. The third-order valence-corrected chi connectivity index (χ3v) is 4.41. The van der Waals surface area contributed by atoms with Gasteiger partial charge in [-0.1, -0.05) is 58.0 Å². The molecular weight excluding hydrogens is 322 g/mol. The van der Waals surface area contributed by atoms with E-state index in [0.717, 1.165) is 36.5 Å². The molecule has 1 N–H and O–H groups in total. The zero-order valence-electron chi connectivity index (χ0n) is 16.4. The van der Waals surface area contributed by atoms with Crippen molar-refractivity contribution in [3.8, 4) is 11.5 Å². The Hall–Kier alpha value is -2.26. The highest BCUT2D eigenvalue weighted by Crippen LogP contribution is 2.28. The van der Waals surface area contributed by atoms with Crippen LogP contribution in [0.15, 0.2) is 54.6 Å². The molecule has 0 aliphatic carbocycles. The molecule has 2 aromatic rings. The first kappa shape index (κ1) is 20.1. The molecule has 0 unspecified atom stereocenters. The van der Waals surface area contributed by atoms with Crippen LogP contribution in [0.5, 0.6) is 11.5 Å². The molecule has 0 bridgehead atoms. The van der Waals surface area contributed by atoms with E-state index < -0.39 is 0 Å². The molecule has 0 amide bonds. The van der Waals surface area contributed by atoms with Gasteiger partial charge in [-0.3, -0.25) is 0 Å². The van der Waals surface area contributed by atoms with Gasteiger partial charge in [0, 0.05) is 6.54 Å². The lowest BCUT2D eigenvalue weighted by Gasteiger charge is -2.18. The Morgan fingerprint density at radius 3 is 2.00 bits per heavy atom. The van der Waals surface area contributed by atoms with Gasteiger partial charge in [-0.2, -0.15) is 0 Å². The lowest BCUT2D eigenvalue weighted by atomic mass is 9.94. The lowest BCUT2D eigenvalue weighted by molar-refractivity contribution is 0.223. The zero-order chi connectivity index (χ0) is 18.9.